The first-order valence-electron chi connectivity index (χ1n) is 13.1. The van der Waals surface area contributed by atoms with Crippen LogP contribution >= 0.6 is 11.6 Å². The molecule has 202 valence electrons. The van der Waals surface area contributed by atoms with Crippen molar-refractivity contribution in [2.45, 2.75) is 32.4 Å². The van der Waals surface area contributed by atoms with E-state index in [0.717, 1.165) is 71.1 Å². The minimum atomic E-state index is -0.281. The summed E-state index contributed by atoms with van der Waals surface area (Å²) in [5, 5.41) is 14.3. The van der Waals surface area contributed by atoms with Crippen LogP contribution in [0.4, 0.5) is 15.8 Å². The second-order valence-electron chi connectivity index (χ2n) is 9.63. The number of piperidine rings is 1. The first-order valence-corrected chi connectivity index (χ1v) is 13.4. The number of halogens is 2. The van der Waals surface area contributed by atoms with Gasteiger partial charge in [0.2, 0.25) is 5.62 Å². The topological polar surface area (TPSA) is 81.8 Å². The normalized spacial score (nSPS) is 13.9. The number of carbonyl (C=O) groups excluding carboxylic acids is 1. The molecule has 3 aromatic carbocycles. The molecule has 7 nitrogen and oxygen atoms in total. The Morgan fingerprint density at radius 3 is 2.62 bits per heavy atom. The Hall–Kier alpha value is -4.04. The zero-order valence-electron chi connectivity index (χ0n) is 22.0. The molecular weight excluding hydrogens is 515 g/mol. The van der Waals surface area contributed by atoms with E-state index in [0.29, 0.717) is 17.2 Å². The molecule has 0 bridgehead atoms. The Morgan fingerprint density at radius 1 is 1.10 bits per heavy atom. The van der Waals surface area contributed by atoms with Crippen molar-refractivity contribution >= 4 is 51.2 Å². The van der Waals surface area contributed by atoms with Gasteiger partial charge in [0.05, 0.1) is 29.0 Å². The van der Waals surface area contributed by atoms with E-state index in [-0.39, 0.29) is 11.9 Å². The molecule has 0 unspecified atom stereocenters. The van der Waals surface area contributed by atoms with E-state index in [1.54, 1.807) is 12.1 Å². The van der Waals surface area contributed by atoms with Crippen molar-refractivity contribution in [3.8, 4) is 0 Å². The number of nitrogens with one attached hydrogen (secondary N) is 3. The molecule has 0 saturated carbocycles. The van der Waals surface area contributed by atoms with Crippen molar-refractivity contribution in [3.63, 3.8) is 0 Å². The van der Waals surface area contributed by atoms with Crippen LogP contribution in [0.25, 0.3) is 21.9 Å². The number of aromatic amines is 1. The molecule has 0 aliphatic carbocycles. The van der Waals surface area contributed by atoms with Crippen LogP contribution in [0.5, 0.6) is 0 Å². The summed E-state index contributed by atoms with van der Waals surface area (Å²) in [5.41, 5.74) is 6.40. The highest BCUT2D eigenvalue weighted by molar-refractivity contribution is 6.31. The number of aromatic nitrogens is 3. The number of anilines is 2. The number of imidazole rings is 1. The van der Waals surface area contributed by atoms with Gasteiger partial charge in [-0.25, -0.2) is 4.39 Å². The average molecular weight is 547 g/mol. The molecule has 3 N–H and O–H groups in total. The Labute approximate surface area is 231 Å². The molecule has 0 atom stereocenters. The van der Waals surface area contributed by atoms with E-state index < -0.39 is 0 Å². The predicted molar refractivity (Wildman–Crippen MR) is 156 cm³/mol. The van der Waals surface area contributed by atoms with Crippen LogP contribution in [0.2, 0.25) is 5.02 Å². The van der Waals surface area contributed by atoms with Gasteiger partial charge in [-0.05, 0) is 73.9 Å². The largest absolute Gasteiger partial charge is 0.386 e. The van der Waals surface area contributed by atoms with Gasteiger partial charge in [-0.2, -0.15) is 0 Å². The van der Waals surface area contributed by atoms with Crippen LogP contribution in [0.15, 0.2) is 66.9 Å². The van der Waals surface area contributed by atoms with E-state index in [1.807, 2.05) is 46.6 Å². The van der Waals surface area contributed by atoms with Gasteiger partial charge in [0.1, 0.15) is 12.1 Å². The van der Waals surface area contributed by atoms with E-state index in [1.165, 1.54) is 13.0 Å². The third kappa shape index (κ3) is 5.16. The number of carbonyl (C=O) groups is 1. The van der Waals surface area contributed by atoms with Crippen molar-refractivity contribution in [1.29, 1.82) is 5.41 Å². The van der Waals surface area contributed by atoms with Crippen LogP contribution < -0.4 is 15.8 Å². The summed E-state index contributed by atoms with van der Waals surface area (Å²) in [7, 11) is 1.92. The van der Waals surface area contributed by atoms with Crippen LogP contribution in [-0.4, -0.2) is 40.5 Å². The van der Waals surface area contributed by atoms with Crippen LogP contribution in [-0.2, 0) is 11.3 Å². The molecule has 3 heterocycles. The number of rotatable bonds is 5. The Balaban J connectivity index is 0.000000983. The zero-order valence-corrected chi connectivity index (χ0v) is 22.8. The first kappa shape index (κ1) is 26.6. The second-order valence-corrected chi connectivity index (χ2v) is 10.1. The maximum Gasteiger partial charge on any atom is 0.203 e. The quantitative estimate of drug-likeness (QED) is 0.225. The second kappa shape index (κ2) is 11.4. The van der Waals surface area contributed by atoms with Crippen molar-refractivity contribution in [2.24, 2.45) is 0 Å². The number of benzene rings is 3. The predicted octanol–water partition coefficient (Wildman–Crippen LogP) is 6.33. The van der Waals surface area contributed by atoms with Gasteiger partial charge in [-0.15, -0.1) is 0 Å². The first-order chi connectivity index (χ1) is 18.9. The van der Waals surface area contributed by atoms with Gasteiger partial charge in [0.15, 0.2) is 0 Å². The van der Waals surface area contributed by atoms with Gasteiger partial charge < -0.3 is 29.1 Å². The van der Waals surface area contributed by atoms with Crippen molar-refractivity contribution in [3.05, 3.63) is 88.9 Å². The SMILES string of the molecule is CC=O.CNc1ccc(Cl)cc1N1CCC(n2c(=N)n(Cc3cccc4[nH]ccc34)c3ccc(F)cc32)CC1. The molecule has 39 heavy (non-hydrogen) atoms. The Kier molecular flexibility index (Phi) is 7.74. The highest BCUT2D eigenvalue weighted by atomic mass is 35.5. The fourth-order valence-corrected chi connectivity index (χ4v) is 5.77. The number of nitrogens with zero attached hydrogens (tertiary/aromatic N) is 3. The highest BCUT2D eigenvalue weighted by Gasteiger charge is 2.26. The average Bonchev–Trinajstić information content (AvgIpc) is 3.52. The summed E-state index contributed by atoms with van der Waals surface area (Å²) in [6.07, 6.45) is 4.40. The minimum Gasteiger partial charge on any atom is -0.386 e. The lowest BCUT2D eigenvalue weighted by Crippen LogP contribution is -2.38. The van der Waals surface area contributed by atoms with E-state index in [4.69, 9.17) is 21.8 Å². The summed E-state index contributed by atoms with van der Waals surface area (Å²) in [5.74, 6) is -0.281. The Bertz CT molecular complexity index is 1680. The number of fused-ring (bicyclic) bond motifs is 2. The summed E-state index contributed by atoms with van der Waals surface area (Å²) in [6.45, 7) is 3.66. The summed E-state index contributed by atoms with van der Waals surface area (Å²) in [4.78, 5) is 14.4. The zero-order chi connectivity index (χ0) is 27.5. The minimum absolute atomic E-state index is 0.111. The molecule has 2 aromatic heterocycles. The van der Waals surface area contributed by atoms with Gasteiger partial charge >= 0.3 is 0 Å². The monoisotopic (exact) mass is 546 g/mol. The maximum atomic E-state index is 14.4. The van der Waals surface area contributed by atoms with Gasteiger partial charge in [0.25, 0.3) is 0 Å². The van der Waals surface area contributed by atoms with E-state index in [9.17, 15) is 4.39 Å². The molecule has 5 aromatic rings. The Morgan fingerprint density at radius 2 is 1.87 bits per heavy atom. The highest BCUT2D eigenvalue weighted by Crippen LogP contribution is 2.34. The van der Waals surface area contributed by atoms with Gasteiger partial charge in [-0.3, -0.25) is 5.41 Å². The smallest absolute Gasteiger partial charge is 0.203 e. The molecule has 0 spiro atoms. The number of hydrogen-bond acceptors (Lipinski definition) is 4. The standard InChI is InChI=1S/C28H28ClFN6.C2H4O/c1-32-24-7-5-19(29)15-26(24)34-13-10-21(11-14-34)36-27-16-20(30)6-8-25(27)35(28(36)31)17-18-3-2-4-23-22(18)9-12-33-23;1-2-3/h2-9,12,15-16,21,31-33H,10-11,13-14,17H2,1H3;2H,1H3. The lowest BCUT2D eigenvalue weighted by molar-refractivity contribution is -0.106. The lowest BCUT2D eigenvalue weighted by Gasteiger charge is -2.35. The molecule has 0 radical (unpaired) electrons. The molecule has 9 heteroatoms. The third-order valence-corrected chi connectivity index (χ3v) is 7.62. The summed E-state index contributed by atoms with van der Waals surface area (Å²) < 4.78 is 18.4. The molecule has 6 rings (SSSR count). The molecule has 1 fully saturated rings. The molecular formula is C30H32ClFN6O. The molecule has 1 aliphatic rings. The van der Waals surface area contributed by atoms with E-state index >= 15 is 0 Å². The van der Waals surface area contributed by atoms with Crippen LogP contribution in [0, 0.1) is 11.2 Å². The fourth-order valence-electron chi connectivity index (χ4n) is 5.61. The lowest BCUT2D eigenvalue weighted by atomic mass is 10.0. The third-order valence-electron chi connectivity index (χ3n) is 7.38. The molecule has 0 amide bonds. The van der Waals surface area contributed by atoms with Crippen LogP contribution in [0.1, 0.15) is 31.4 Å². The van der Waals surface area contributed by atoms with Crippen molar-refractivity contribution in [2.75, 3.05) is 30.4 Å². The van der Waals surface area contributed by atoms with E-state index in [2.05, 4.69) is 33.4 Å². The molecule has 1 aliphatic heterocycles. The van der Waals surface area contributed by atoms with Crippen molar-refractivity contribution in [1.82, 2.24) is 14.1 Å². The fraction of sp³-hybridized carbons (Fsp3) is 0.267. The summed E-state index contributed by atoms with van der Waals surface area (Å²) in [6, 6.07) is 19.1. The van der Waals surface area contributed by atoms with Crippen molar-refractivity contribution < 1.29 is 9.18 Å². The number of H-pyrrole nitrogens is 1. The summed E-state index contributed by atoms with van der Waals surface area (Å²) >= 11 is 6.29. The van der Waals surface area contributed by atoms with Gasteiger partial charge in [-0.1, -0.05) is 23.7 Å². The maximum absolute atomic E-state index is 14.4. The molecule has 1 saturated heterocycles. The van der Waals surface area contributed by atoms with Crippen LogP contribution in [0.3, 0.4) is 0 Å². The van der Waals surface area contributed by atoms with Gasteiger partial charge in [0, 0.05) is 48.3 Å². The number of aldehydes is 1. The number of hydrogen-bond donors (Lipinski definition) is 3.